The van der Waals surface area contributed by atoms with Gasteiger partial charge in [-0.2, -0.15) is 0 Å². The normalized spacial score (nSPS) is 16.3. The number of hydrogen-bond acceptors (Lipinski definition) is 4. The second-order valence-electron chi connectivity index (χ2n) is 7.67. The first-order valence-electron chi connectivity index (χ1n) is 10.0. The average Bonchev–Trinajstić information content (AvgIpc) is 2.78. The first-order valence-corrected chi connectivity index (χ1v) is 10.0. The van der Waals surface area contributed by atoms with Crippen LogP contribution >= 0.6 is 0 Å². The monoisotopic (exact) mass is 426 g/mol. The largest absolute Gasteiger partial charge is 0.354 e. The van der Waals surface area contributed by atoms with Crippen LogP contribution in [0.1, 0.15) is 18.4 Å². The quantitative estimate of drug-likeness (QED) is 0.613. The lowest BCUT2D eigenvalue weighted by atomic mass is 9.97. The minimum atomic E-state index is -1.56. The van der Waals surface area contributed by atoms with Crippen molar-refractivity contribution in [3.8, 4) is 11.3 Å². The van der Waals surface area contributed by atoms with Crippen molar-refractivity contribution in [1.82, 2.24) is 10.2 Å². The van der Waals surface area contributed by atoms with Gasteiger partial charge in [-0.05, 0) is 31.9 Å². The van der Waals surface area contributed by atoms with Crippen molar-refractivity contribution >= 4 is 17.4 Å². The highest BCUT2D eigenvalue weighted by molar-refractivity contribution is 5.93. The van der Waals surface area contributed by atoms with Gasteiger partial charge in [0.1, 0.15) is 0 Å². The first kappa shape index (κ1) is 20.8. The van der Waals surface area contributed by atoms with E-state index in [0.29, 0.717) is 18.8 Å². The number of anilines is 2. The predicted octanol–water partition coefficient (Wildman–Crippen LogP) is 4.72. The smallest absolute Gasteiger partial charge is 0.229 e. The number of piperidine rings is 1. The standard InChI is InChI=1S/C23H21F3N4O/c1-14-4-6-15(7-5-14)20-8-9-21(29-28-20)30-10-2-3-16(13-30)23(31)27-17-11-18(24)22(26)19(25)12-17/h4-9,11-12,16H,2-3,10,13H2,1H3,(H,27,31). The van der Waals surface area contributed by atoms with E-state index < -0.39 is 23.4 Å². The van der Waals surface area contributed by atoms with Crippen LogP contribution in [0.4, 0.5) is 24.7 Å². The van der Waals surface area contributed by atoms with E-state index in [-0.39, 0.29) is 11.6 Å². The summed E-state index contributed by atoms with van der Waals surface area (Å²) in [6.07, 6.45) is 1.38. The van der Waals surface area contributed by atoms with Gasteiger partial charge in [0, 0.05) is 36.5 Å². The van der Waals surface area contributed by atoms with E-state index in [1.54, 1.807) is 0 Å². The molecule has 8 heteroatoms. The predicted molar refractivity (Wildman–Crippen MR) is 112 cm³/mol. The Hall–Kier alpha value is -3.42. The van der Waals surface area contributed by atoms with Crippen molar-refractivity contribution < 1.29 is 18.0 Å². The number of hydrogen-bond donors (Lipinski definition) is 1. The molecule has 0 bridgehead atoms. The molecule has 1 fully saturated rings. The summed E-state index contributed by atoms with van der Waals surface area (Å²) in [6, 6.07) is 13.3. The zero-order valence-corrected chi connectivity index (χ0v) is 16.9. The van der Waals surface area contributed by atoms with Gasteiger partial charge in [-0.15, -0.1) is 10.2 Å². The molecule has 1 saturated heterocycles. The second-order valence-corrected chi connectivity index (χ2v) is 7.67. The number of rotatable bonds is 4. The van der Waals surface area contributed by atoms with E-state index in [2.05, 4.69) is 15.5 Å². The molecule has 0 saturated carbocycles. The number of benzene rings is 2. The minimum Gasteiger partial charge on any atom is -0.354 e. The minimum absolute atomic E-state index is 0.110. The van der Waals surface area contributed by atoms with E-state index >= 15 is 0 Å². The summed E-state index contributed by atoms with van der Waals surface area (Å²) in [4.78, 5) is 14.6. The molecule has 4 rings (SSSR count). The molecular formula is C23H21F3N4O. The Morgan fingerprint density at radius 1 is 1.03 bits per heavy atom. The average molecular weight is 426 g/mol. The highest BCUT2D eigenvalue weighted by atomic mass is 19.2. The SMILES string of the molecule is Cc1ccc(-c2ccc(N3CCCC(C(=O)Nc4cc(F)c(F)c(F)c4)C3)nn2)cc1. The molecule has 0 radical (unpaired) electrons. The Bertz CT molecular complexity index is 1060. The van der Waals surface area contributed by atoms with E-state index in [1.807, 2.05) is 48.2 Å². The van der Waals surface area contributed by atoms with Crippen LogP contribution < -0.4 is 10.2 Å². The van der Waals surface area contributed by atoms with Crippen LogP contribution in [-0.2, 0) is 4.79 Å². The number of aryl methyl sites for hydroxylation is 1. The summed E-state index contributed by atoms with van der Waals surface area (Å²) in [5, 5.41) is 11.1. The zero-order valence-electron chi connectivity index (χ0n) is 16.9. The lowest BCUT2D eigenvalue weighted by Gasteiger charge is -2.32. The van der Waals surface area contributed by atoms with E-state index in [9.17, 15) is 18.0 Å². The van der Waals surface area contributed by atoms with Gasteiger partial charge in [0.15, 0.2) is 23.3 Å². The van der Waals surface area contributed by atoms with Crippen LogP contribution in [0.5, 0.6) is 0 Å². The Morgan fingerprint density at radius 3 is 2.39 bits per heavy atom. The Morgan fingerprint density at radius 2 is 1.74 bits per heavy atom. The van der Waals surface area contributed by atoms with E-state index in [0.717, 1.165) is 41.9 Å². The summed E-state index contributed by atoms with van der Waals surface area (Å²) < 4.78 is 39.9. The summed E-state index contributed by atoms with van der Waals surface area (Å²) in [6.45, 7) is 3.14. The highest BCUT2D eigenvalue weighted by Gasteiger charge is 2.27. The zero-order chi connectivity index (χ0) is 22.0. The molecule has 160 valence electrons. The molecule has 1 aromatic heterocycles. The van der Waals surface area contributed by atoms with Crippen molar-refractivity contribution in [2.75, 3.05) is 23.3 Å². The number of nitrogens with zero attached hydrogens (tertiary/aromatic N) is 3. The van der Waals surface area contributed by atoms with Crippen LogP contribution in [-0.4, -0.2) is 29.2 Å². The number of amides is 1. The number of carbonyl (C=O) groups is 1. The molecule has 2 heterocycles. The van der Waals surface area contributed by atoms with E-state index in [1.165, 1.54) is 0 Å². The molecule has 3 aromatic rings. The van der Waals surface area contributed by atoms with Crippen molar-refractivity contribution in [3.05, 3.63) is 71.5 Å². The number of carbonyl (C=O) groups excluding carboxylic acids is 1. The topological polar surface area (TPSA) is 58.1 Å². The molecule has 1 amide bonds. The van der Waals surface area contributed by atoms with Crippen LogP contribution in [0.25, 0.3) is 11.3 Å². The second kappa shape index (κ2) is 8.75. The molecule has 5 nitrogen and oxygen atoms in total. The third-order valence-corrected chi connectivity index (χ3v) is 5.37. The van der Waals surface area contributed by atoms with Crippen LogP contribution in [0.15, 0.2) is 48.5 Å². The molecule has 1 atom stereocenters. The number of halogens is 3. The fraction of sp³-hybridized carbons (Fsp3) is 0.261. The van der Waals surface area contributed by atoms with Gasteiger partial charge >= 0.3 is 0 Å². The fourth-order valence-corrected chi connectivity index (χ4v) is 3.64. The van der Waals surface area contributed by atoms with Crippen molar-refractivity contribution in [2.24, 2.45) is 5.92 Å². The maximum absolute atomic E-state index is 13.4. The third-order valence-electron chi connectivity index (χ3n) is 5.37. The van der Waals surface area contributed by atoms with Gasteiger partial charge in [0.05, 0.1) is 11.6 Å². The van der Waals surface area contributed by atoms with E-state index in [4.69, 9.17) is 0 Å². The maximum atomic E-state index is 13.4. The molecule has 31 heavy (non-hydrogen) atoms. The fourth-order valence-electron chi connectivity index (χ4n) is 3.64. The summed E-state index contributed by atoms with van der Waals surface area (Å²) in [5.41, 5.74) is 2.78. The number of nitrogens with one attached hydrogen (secondary N) is 1. The molecule has 0 aliphatic carbocycles. The highest BCUT2D eigenvalue weighted by Crippen LogP contribution is 2.25. The first-order chi connectivity index (χ1) is 14.9. The molecular weight excluding hydrogens is 405 g/mol. The molecule has 1 N–H and O–H groups in total. The van der Waals surface area contributed by atoms with Gasteiger partial charge in [-0.1, -0.05) is 29.8 Å². The molecule has 0 spiro atoms. The summed E-state index contributed by atoms with van der Waals surface area (Å²) in [5.74, 6) is -4.36. The number of aromatic nitrogens is 2. The summed E-state index contributed by atoms with van der Waals surface area (Å²) >= 11 is 0. The van der Waals surface area contributed by atoms with Crippen molar-refractivity contribution in [2.45, 2.75) is 19.8 Å². The van der Waals surface area contributed by atoms with Gasteiger partial charge in [0.25, 0.3) is 0 Å². The molecule has 2 aromatic carbocycles. The lowest BCUT2D eigenvalue weighted by Crippen LogP contribution is -2.41. The van der Waals surface area contributed by atoms with Gasteiger partial charge in [0.2, 0.25) is 5.91 Å². The van der Waals surface area contributed by atoms with Gasteiger partial charge in [-0.3, -0.25) is 4.79 Å². The van der Waals surface area contributed by atoms with Crippen LogP contribution in [0.2, 0.25) is 0 Å². The molecule has 1 aliphatic rings. The Kier molecular flexibility index (Phi) is 5.88. The Balaban J connectivity index is 1.43. The van der Waals surface area contributed by atoms with Crippen molar-refractivity contribution in [1.29, 1.82) is 0 Å². The lowest BCUT2D eigenvalue weighted by molar-refractivity contribution is -0.120. The van der Waals surface area contributed by atoms with Crippen LogP contribution in [0, 0.1) is 30.3 Å². The molecule has 1 unspecified atom stereocenters. The maximum Gasteiger partial charge on any atom is 0.229 e. The van der Waals surface area contributed by atoms with Crippen LogP contribution in [0.3, 0.4) is 0 Å². The summed E-state index contributed by atoms with van der Waals surface area (Å²) in [7, 11) is 0. The molecule has 1 aliphatic heterocycles. The van der Waals surface area contributed by atoms with Crippen molar-refractivity contribution in [3.63, 3.8) is 0 Å². The third kappa shape index (κ3) is 4.68. The Labute approximate surface area is 177 Å². The van der Waals surface area contributed by atoms with Gasteiger partial charge in [-0.25, -0.2) is 13.2 Å². The van der Waals surface area contributed by atoms with Gasteiger partial charge < -0.3 is 10.2 Å².